The topological polar surface area (TPSA) is 121 Å². The minimum atomic E-state index is -0.199. The number of benzene rings is 2. The Labute approximate surface area is 216 Å². The zero-order valence-corrected chi connectivity index (χ0v) is 20.7. The molecule has 0 saturated carbocycles. The average molecular weight is 518 g/mol. The third-order valence-corrected chi connectivity index (χ3v) is 7.17. The van der Waals surface area contributed by atoms with E-state index < -0.39 is 0 Å². The van der Waals surface area contributed by atoms with Gasteiger partial charge >= 0.3 is 11.7 Å². The number of pyridine rings is 1. The maximum atomic E-state index is 13.1. The van der Waals surface area contributed by atoms with Crippen molar-refractivity contribution in [1.29, 1.82) is 0 Å². The van der Waals surface area contributed by atoms with E-state index in [4.69, 9.17) is 16.3 Å². The van der Waals surface area contributed by atoms with Crippen LogP contribution in [0.3, 0.4) is 0 Å². The molecule has 4 heterocycles. The first-order chi connectivity index (χ1) is 18.0. The SMILES string of the molecule is COc1ccc(NC(=O)N2CCC(n3c(=O)[nH]c4c(-c5cnc6[nH]ncc6c5)cccc43)CC2)cc1Cl. The highest BCUT2D eigenvalue weighted by Gasteiger charge is 2.27. The Balaban J connectivity index is 1.21. The van der Waals surface area contributed by atoms with Gasteiger partial charge in [0.05, 0.1) is 29.4 Å². The maximum absolute atomic E-state index is 13.1. The number of amides is 2. The summed E-state index contributed by atoms with van der Waals surface area (Å²) in [5.74, 6) is 0.547. The third kappa shape index (κ3) is 4.19. The minimum Gasteiger partial charge on any atom is -0.495 e. The number of hydrogen-bond acceptors (Lipinski definition) is 5. The van der Waals surface area contributed by atoms with Crippen molar-refractivity contribution in [2.45, 2.75) is 18.9 Å². The molecule has 0 atom stereocenters. The van der Waals surface area contributed by atoms with Gasteiger partial charge in [0, 0.05) is 47.5 Å². The van der Waals surface area contributed by atoms with Gasteiger partial charge in [0.25, 0.3) is 0 Å². The number of urea groups is 1. The number of H-pyrrole nitrogens is 2. The Bertz CT molecular complexity index is 1680. The van der Waals surface area contributed by atoms with Gasteiger partial charge in [-0.3, -0.25) is 9.67 Å². The van der Waals surface area contributed by atoms with E-state index in [1.165, 1.54) is 0 Å². The number of nitrogens with zero attached hydrogens (tertiary/aromatic N) is 4. The fraction of sp³-hybridized carbons (Fsp3) is 0.231. The first-order valence-corrected chi connectivity index (χ1v) is 12.3. The first-order valence-electron chi connectivity index (χ1n) is 11.9. The van der Waals surface area contributed by atoms with E-state index in [1.807, 2.05) is 28.8 Å². The zero-order valence-electron chi connectivity index (χ0n) is 20.0. The van der Waals surface area contributed by atoms with Crippen LogP contribution in [0.25, 0.3) is 33.2 Å². The molecule has 0 unspecified atom stereocenters. The Morgan fingerprint density at radius 2 is 2.00 bits per heavy atom. The van der Waals surface area contributed by atoms with Crippen LogP contribution >= 0.6 is 11.6 Å². The van der Waals surface area contributed by atoms with Crippen LogP contribution in [0.4, 0.5) is 10.5 Å². The number of methoxy groups -OCH3 is 1. The number of para-hydroxylation sites is 1. The molecule has 3 N–H and O–H groups in total. The van der Waals surface area contributed by atoms with Gasteiger partial charge in [-0.1, -0.05) is 23.7 Å². The number of aromatic amines is 2. The number of piperidine rings is 1. The lowest BCUT2D eigenvalue weighted by Gasteiger charge is -2.32. The molecule has 0 spiro atoms. The predicted molar refractivity (Wildman–Crippen MR) is 142 cm³/mol. The van der Waals surface area contributed by atoms with Gasteiger partial charge in [0.15, 0.2) is 5.65 Å². The summed E-state index contributed by atoms with van der Waals surface area (Å²) in [6.07, 6.45) is 4.83. The smallest absolute Gasteiger partial charge is 0.326 e. The molecule has 1 fully saturated rings. The van der Waals surface area contributed by atoms with Gasteiger partial charge in [-0.05, 0) is 43.2 Å². The van der Waals surface area contributed by atoms with Gasteiger partial charge in [-0.25, -0.2) is 14.6 Å². The highest BCUT2D eigenvalue weighted by atomic mass is 35.5. The van der Waals surface area contributed by atoms with Crippen LogP contribution in [0.15, 0.2) is 59.7 Å². The molecule has 1 aliphatic rings. The minimum absolute atomic E-state index is 0.0227. The number of likely N-dealkylation sites (tertiary alicyclic amines) is 1. The number of hydrogen-bond donors (Lipinski definition) is 3. The van der Waals surface area contributed by atoms with Crippen LogP contribution in [0.1, 0.15) is 18.9 Å². The third-order valence-electron chi connectivity index (χ3n) is 6.87. The van der Waals surface area contributed by atoms with E-state index >= 15 is 0 Å². The van der Waals surface area contributed by atoms with Crippen molar-refractivity contribution < 1.29 is 9.53 Å². The molecule has 1 aliphatic heterocycles. The van der Waals surface area contributed by atoms with Gasteiger partial charge in [0.2, 0.25) is 0 Å². The molecule has 2 aromatic carbocycles. The van der Waals surface area contributed by atoms with Crippen molar-refractivity contribution in [3.63, 3.8) is 0 Å². The first kappa shape index (κ1) is 23.1. The van der Waals surface area contributed by atoms with E-state index in [0.717, 1.165) is 27.5 Å². The second-order valence-electron chi connectivity index (χ2n) is 9.03. The number of anilines is 1. The molecule has 10 nitrogen and oxygen atoms in total. The second-order valence-corrected chi connectivity index (χ2v) is 9.44. The van der Waals surface area contributed by atoms with Crippen molar-refractivity contribution in [3.8, 4) is 16.9 Å². The number of carbonyl (C=O) groups is 1. The van der Waals surface area contributed by atoms with E-state index in [1.54, 1.807) is 42.6 Å². The van der Waals surface area contributed by atoms with Crippen molar-refractivity contribution in [2.24, 2.45) is 0 Å². The molecule has 11 heteroatoms. The Morgan fingerprint density at radius 3 is 2.78 bits per heavy atom. The standard InChI is InChI=1S/C26H24ClN7O3/c1-37-22-6-5-17(12-20(22)27)30-25(35)33-9-7-18(8-10-33)34-21-4-2-3-19(23(21)31-26(34)36)15-11-16-14-29-32-24(16)28-13-15/h2-6,11-14,18H,7-10H2,1H3,(H,30,35)(H,31,36)(H,28,29,32). The van der Waals surface area contributed by atoms with E-state index in [2.05, 4.69) is 25.5 Å². The summed E-state index contributed by atoms with van der Waals surface area (Å²) >= 11 is 6.18. The molecule has 3 aromatic heterocycles. The van der Waals surface area contributed by atoms with Gasteiger partial charge < -0.3 is 19.9 Å². The van der Waals surface area contributed by atoms with Crippen LogP contribution in [0.2, 0.25) is 5.02 Å². The van der Waals surface area contributed by atoms with E-state index in [9.17, 15) is 9.59 Å². The summed E-state index contributed by atoms with van der Waals surface area (Å²) in [6.45, 7) is 1.06. The van der Waals surface area contributed by atoms with Gasteiger partial charge in [-0.15, -0.1) is 0 Å². The van der Waals surface area contributed by atoms with E-state index in [0.29, 0.717) is 48.0 Å². The molecule has 188 valence electrons. The van der Waals surface area contributed by atoms with Crippen molar-refractivity contribution in [3.05, 3.63) is 70.4 Å². The normalized spacial score (nSPS) is 14.4. The lowest BCUT2D eigenvalue weighted by molar-refractivity contribution is 0.184. The van der Waals surface area contributed by atoms with E-state index in [-0.39, 0.29) is 17.8 Å². The largest absolute Gasteiger partial charge is 0.495 e. The molecule has 1 saturated heterocycles. The number of nitrogens with one attached hydrogen (secondary N) is 3. The monoisotopic (exact) mass is 517 g/mol. The van der Waals surface area contributed by atoms with Crippen LogP contribution in [0, 0.1) is 0 Å². The highest BCUT2D eigenvalue weighted by Crippen LogP contribution is 2.32. The second kappa shape index (κ2) is 9.29. The number of carbonyl (C=O) groups excluding carboxylic acids is 1. The number of aromatic nitrogens is 5. The highest BCUT2D eigenvalue weighted by molar-refractivity contribution is 6.32. The van der Waals surface area contributed by atoms with Crippen LogP contribution in [-0.2, 0) is 0 Å². The van der Waals surface area contributed by atoms with Crippen LogP contribution in [-0.4, -0.2) is 55.9 Å². The number of halogens is 1. The maximum Gasteiger partial charge on any atom is 0.326 e. The molecule has 0 aliphatic carbocycles. The lowest BCUT2D eigenvalue weighted by Crippen LogP contribution is -2.42. The summed E-state index contributed by atoms with van der Waals surface area (Å²) in [6, 6.07) is 12.8. The fourth-order valence-electron chi connectivity index (χ4n) is 5.01. The predicted octanol–water partition coefficient (Wildman–Crippen LogP) is 4.80. The molecule has 6 rings (SSSR count). The number of imidazole rings is 1. The van der Waals surface area contributed by atoms with Gasteiger partial charge in [-0.2, -0.15) is 5.10 Å². The molecule has 0 bridgehead atoms. The molecule has 2 amide bonds. The van der Waals surface area contributed by atoms with Crippen molar-refractivity contribution >= 4 is 45.4 Å². The quantitative estimate of drug-likeness (QED) is 0.316. The summed E-state index contributed by atoms with van der Waals surface area (Å²) in [5, 5.41) is 11.1. The van der Waals surface area contributed by atoms with Crippen LogP contribution < -0.4 is 15.7 Å². The molecule has 37 heavy (non-hydrogen) atoms. The molecular formula is C26H24ClN7O3. The summed E-state index contributed by atoms with van der Waals surface area (Å²) in [7, 11) is 1.54. The number of rotatable bonds is 4. The molecular weight excluding hydrogens is 494 g/mol. The van der Waals surface area contributed by atoms with Crippen LogP contribution in [0.5, 0.6) is 5.75 Å². The fourth-order valence-corrected chi connectivity index (χ4v) is 5.27. The summed E-state index contributed by atoms with van der Waals surface area (Å²) in [5.41, 5.74) is 4.57. The molecule has 5 aromatic rings. The van der Waals surface area contributed by atoms with Gasteiger partial charge in [0.1, 0.15) is 5.75 Å². The number of ether oxygens (including phenoxy) is 1. The molecule has 0 radical (unpaired) electrons. The average Bonchev–Trinajstić information content (AvgIpc) is 3.51. The van der Waals surface area contributed by atoms with Crippen molar-refractivity contribution in [1.82, 2.24) is 29.6 Å². The summed E-state index contributed by atoms with van der Waals surface area (Å²) in [4.78, 5) is 35.2. The Morgan fingerprint density at radius 1 is 1.16 bits per heavy atom. The number of fused-ring (bicyclic) bond motifs is 2. The zero-order chi connectivity index (χ0) is 25.5. The summed E-state index contributed by atoms with van der Waals surface area (Å²) < 4.78 is 6.98. The lowest BCUT2D eigenvalue weighted by atomic mass is 10.0. The Kier molecular flexibility index (Phi) is 5.80. The van der Waals surface area contributed by atoms with Crippen molar-refractivity contribution in [2.75, 3.05) is 25.5 Å². The Hall–Kier alpha value is -4.31.